The van der Waals surface area contributed by atoms with Crippen LogP contribution < -0.4 is 9.47 Å². The van der Waals surface area contributed by atoms with Crippen molar-refractivity contribution < 1.29 is 23.8 Å². The number of allylic oxidation sites excluding steroid dienone is 1. The standard InChI is InChI=1S/C19H22N2O5S/c1-6-26-13-8-7-12(9-14(13)24-4)16-15(18(23)25-5)10(2)20-19-21(16)17(22)11(3)27-19/h7-9,11,16H,6H2,1-5H3/t11-,16-/m0/s1. The van der Waals surface area contributed by atoms with Gasteiger partial charge in [-0.3, -0.25) is 9.69 Å². The van der Waals surface area contributed by atoms with Crippen LogP contribution in [-0.2, 0) is 14.3 Å². The second-order valence-corrected chi connectivity index (χ2v) is 7.41. The van der Waals surface area contributed by atoms with E-state index in [4.69, 9.17) is 14.2 Å². The molecule has 3 rings (SSSR count). The fourth-order valence-electron chi connectivity index (χ4n) is 3.22. The minimum atomic E-state index is -0.625. The molecule has 2 atom stereocenters. The van der Waals surface area contributed by atoms with Crippen molar-refractivity contribution in [2.45, 2.75) is 32.1 Å². The number of rotatable bonds is 5. The third-order valence-electron chi connectivity index (χ3n) is 4.47. The number of aliphatic imine (C=N–C) groups is 1. The topological polar surface area (TPSA) is 77.4 Å². The minimum absolute atomic E-state index is 0.0921. The summed E-state index contributed by atoms with van der Waals surface area (Å²) in [6, 6.07) is 4.78. The minimum Gasteiger partial charge on any atom is -0.493 e. The highest BCUT2D eigenvalue weighted by Crippen LogP contribution is 2.44. The van der Waals surface area contributed by atoms with E-state index in [9.17, 15) is 9.59 Å². The molecule has 1 fully saturated rings. The first-order valence-electron chi connectivity index (χ1n) is 8.61. The van der Waals surface area contributed by atoms with Gasteiger partial charge in [0.2, 0.25) is 5.91 Å². The molecule has 2 aliphatic heterocycles. The molecule has 0 N–H and O–H groups in total. The Balaban J connectivity index is 2.16. The van der Waals surface area contributed by atoms with Gasteiger partial charge in [0.1, 0.15) is 0 Å². The third kappa shape index (κ3) is 3.29. The van der Waals surface area contributed by atoms with Crippen LogP contribution in [0.3, 0.4) is 0 Å². The SMILES string of the molecule is CCOc1ccc([C@H]2C(C(=O)OC)=C(C)N=C3S[C@@H](C)C(=O)N32)cc1OC. The molecule has 8 heteroatoms. The van der Waals surface area contributed by atoms with Gasteiger partial charge in [-0.2, -0.15) is 0 Å². The van der Waals surface area contributed by atoms with Gasteiger partial charge in [0.15, 0.2) is 16.7 Å². The number of esters is 1. The van der Waals surface area contributed by atoms with Gasteiger partial charge in [-0.05, 0) is 38.5 Å². The van der Waals surface area contributed by atoms with Crippen molar-refractivity contribution >= 4 is 28.8 Å². The largest absolute Gasteiger partial charge is 0.493 e. The van der Waals surface area contributed by atoms with Crippen molar-refractivity contribution in [3.05, 3.63) is 35.0 Å². The highest BCUT2D eigenvalue weighted by molar-refractivity contribution is 8.15. The Labute approximate surface area is 162 Å². The molecule has 27 heavy (non-hydrogen) atoms. The van der Waals surface area contributed by atoms with Crippen LogP contribution in [0.15, 0.2) is 34.5 Å². The van der Waals surface area contributed by atoms with E-state index in [0.29, 0.717) is 34.5 Å². The number of amides is 1. The Kier molecular flexibility index (Phi) is 5.46. The van der Waals surface area contributed by atoms with Crippen LogP contribution in [0.25, 0.3) is 0 Å². The lowest BCUT2D eigenvalue weighted by Gasteiger charge is -2.33. The first kappa shape index (κ1) is 19.3. The predicted molar refractivity (Wildman–Crippen MR) is 103 cm³/mol. The molecular weight excluding hydrogens is 368 g/mol. The number of benzene rings is 1. The number of hydrogen-bond donors (Lipinski definition) is 0. The molecule has 0 bridgehead atoms. The number of hydrogen-bond acceptors (Lipinski definition) is 7. The zero-order valence-electron chi connectivity index (χ0n) is 15.9. The lowest BCUT2D eigenvalue weighted by Crippen LogP contribution is -2.40. The highest BCUT2D eigenvalue weighted by atomic mass is 32.2. The van der Waals surface area contributed by atoms with Gasteiger partial charge in [-0.1, -0.05) is 17.8 Å². The normalized spacial score (nSPS) is 21.7. The van der Waals surface area contributed by atoms with Gasteiger partial charge in [-0.15, -0.1) is 0 Å². The van der Waals surface area contributed by atoms with Gasteiger partial charge >= 0.3 is 5.97 Å². The number of fused-ring (bicyclic) bond motifs is 1. The molecule has 144 valence electrons. The van der Waals surface area contributed by atoms with Crippen LogP contribution in [0.1, 0.15) is 32.4 Å². The maximum atomic E-state index is 12.8. The van der Waals surface area contributed by atoms with E-state index in [0.717, 1.165) is 5.56 Å². The molecule has 0 spiro atoms. The average Bonchev–Trinajstić information content (AvgIpc) is 2.94. The molecule has 0 saturated carbocycles. The molecule has 0 unspecified atom stereocenters. The predicted octanol–water partition coefficient (Wildman–Crippen LogP) is 2.92. The van der Waals surface area contributed by atoms with Crippen molar-refractivity contribution in [3.8, 4) is 11.5 Å². The molecule has 0 radical (unpaired) electrons. The second kappa shape index (κ2) is 7.64. The zero-order chi connectivity index (χ0) is 19.7. The molecule has 0 aliphatic carbocycles. The van der Waals surface area contributed by atoms with E-state index in [1.807, 2.05) is 19.9 Å². The van der Waals surface area contributed by atoms with E-state index in [1.165, 1.54) is 18.9 Å². The van der Waals surface area contributed by atoms with Crippen LogP contribution >= 0.6 is 11.8 Å². The smallest absolute Gasteiger partial charge is 0.338 e. The number of ether oxygens (including phenoxy) is 3. The Morgan fingerprint density at radius 3 is 2.67 bits per heavy atom. The summed E-state index contributed by atoms with van der Waals surface area (Å²) < 4.78 is 16.0. The number of amidine groups is 1. The molecule has 7 nitrogen and oxygen atoms in total. The van der Waals surface area contributed by atoms with Crippen molar-refractivity contribution in [2.75, 3.05) is 20.8 Å². The third-order valence-corrected chi connectivity index (χ3v) is 5.52. The molecular formula is C19H22N2O5S. The van der Waals surface area contributed by atoms with Crippen molar-refractivity contribution in [1.29, 1.82) is 0 Å². The Bertz CT molecular complexity index is 849. The number of carbonyl (C=O) groups excluding carboxylic acids is 2. The first-order valence-corrected chi connectivity index (χ1v) is 9.49. The summed E-state index contributed by atoms with van der Waals surface area (Å²) in [4.78, 5) is 31.4. The summed E-state index contributed by atoms with van der Waals surface area (Å²) in [5, 5.41) is 0.330. The van der Waals surface area contributed by atoms with Gasteiger partial charge in [-0.25, -0.2) is 9.79 Å². The highest BCUT2D eigenvalue weighted by Gasteiger charge is 2.46. The Hall–Kier alpha value is -2.48. The maximum Gasteiger partial charge on any atom is 0.338 e. The van der Waals surface area contributed by atoms with Crippen molar-refractivity contribution in [1.82, 2.24) is 4.90 Å². The monoisotopic (exact) mass is 390 g/mol. The van der Waals surface area contributed by atoms with E-state index < -0.39 is 12.0 Å². The lowest BCUT2D eigenvalue weighted by molar-refractivity contribution is -0.137. The van der Waals surface area contributed by atoms with Gasteiger partial charge in [0.05, 0.1) is 43.4 Å². The quantitative estimate of drug-likeness (QED) is 0.720. The average molecular weight is 390 g/mol. The fraction of sp³-hybridized carbons (Fsp3) is 0.421. The van der Waals surface area contributed by atoms with Crippen LogP contribution in [-0.4, -0.2) is 48.0 Å². The number of thioether (sulfide) groups is 1. The van der Waals surface area contributed by atoms with Crippen molar-refractivity contribution in [2.24, 2.45) is 4.99 Å². The van der Waals surface area contributed by atoms with Gasteiger partial charge in [0.25, 0.3) is 0 Å². The van der Waals surface area contributed by atoms with Gasteiger partial charge < -0.3 is 14.2 Å². The zero-order valence-corrected chi connectivity index (χ0v) is 16.8. The lowest BCUT2D eigenvalue weighted by atomic mass is 9.94. The summed E-state index contributed by atoms with van der Waals surface area (Å²) in [7, 11) is 2.87. The Morgan fingerprint density at radius 2 is 2.04 bits per heavy atom. The Morgan fingerprint density at radius 1 is 1.30 bits per heavy atom. The molecule has 1 saturated heterocycles. The number of methoxy groups -OCH3 is 2. The molecule has 0 aromatic heterocycles. The summed E-state index contributed by atoms with van der Waals surface area (Å²) in [5.41, 5.74) is 1.61. The van der Waals surface area contributed by atoms with Crippen molar-refractivity contribution in [3.63, 3.8) is 0 Å². The molecule has 1 amide bonds. The van der Waals surface area contributed by atoms with Crippen LogP contribution in [0.5, 0.6) is 11.5 Å². The second-order valence-electron chi connectivity index (χ2n) is 6.10. The van der Waals surface area contributed by atoms with E-state index >= 15 is 0 Å². The molecule has 2 heterocycles. The van der Waals surface area contributed by atoms with E-state index in [2.05, 4.69) is 4.99 Å². The molecule has 1 aromatic rings. The van der Waals surface area contributed by atoms with E-state index in [-0.39, 0.29) is 11.2 Å². The summed E-state index contributed by atoms with van der Waals surface area (Å²) >= 11 is 1.39. The number of nitrogens with zero attached hydrogens (tertiary/aromatic N) is 2. The fourth-order valence-corrected chi connectivity index (χ4v) is 4.25. The summed E-state index contributed by atoms with van der Waals surface area (Å²) in [5.74, 6) is 0.535. The molecule has 1 aromatic carbocycles. The van der Waals surface area contributed by atoms with Crippen LogP contribution in [0.2, 0.25) is 0 Å². The van der Waals surface area contributed by atoms with Crippen LogP contribution in [0.4, 0.5) is 0 Å². The maximum absolute atomic E-state index is 12.8. The number of carbonyl (C=O) groups is 2. The summed E-state index contributed by atoms with van der Waals surface area (Å²) in [6.07, 6.45) is 0. The van der Waals surface area contributed by atoms with Gasteiger partial charge in [0, 0.05) is 0 Å². The van der Waals surface area contributed by atoms with Crippen LogP contribution in [0, 0.1) is 0 Å². The molecule has 2 aliphatic rings. The van der Waals surface area contributed by atoms with E-state index in [1.54, 1.807) is 31.1 Å². The first-order chi connectivity index (χ1) is 12.9. The summed E-state index contributed by atoms with van der Waals surface area (Å²) in [6.45, 7) is 5.97.